The third-order valence-corrected chi connectivity index (χ3v) is 2.40. The van der Waals surface area contributed by atoms with Gasteiger partial charge in [-0.3, -0.25) is 4.98 Å². The molecule has 0 aliphatic carbocycles. The summed E-state index contributed by atoms with van der Waals surface area (Å²) in [6.07, 6.45) is 2.68. The molecule has 1 aromatic carbocycles. The molecule has 0 saturated heterocycles. The second kappa shape index (κ2) is 5.14. The number of fused-ring (bicyclic) bond motifs is 1. The maximum absolute atomic E-state index is 11.0. The van der Waals surface area contributed by atoms with Crippen molar-refractivity contribution < 1.29 is 38.0 Å². The largest absolute Gasteiger partial charge is 1.00 e. The number of benzene rings is 1. The Hall–Kier alpha value is -0.620. The van der Waals surface area contributed by atoms with Crippen molar-refractivity contribution in [2.24, 2.45) is 0 Å². The van der Waals surface area contributed by atoms with Crippen molar-refractivity contribution >= 4 is 26.6 Å². The Morgan fingerprint density at radius 1 is 1.19 bits per heavy atom. The first-order valence-electron chi connectivity index (χ1n) is 4.33. The molecular weight excluding hydrogens is 235 g/mol. The number of aromatic nitrogens is 1. The van der Waals surface area contributed by atoms with E-state index in [0.29, 0.717) is 11.2 Å². The summed E-state index contributed by atoms with van der Waals surface area (Å²) in [5.74, 6) is 0. The predicted octanol–water partition coefficient (Wildman–Crippen LogP) is -0.796. The van der Waals surface area contributed by atoms with Crippen LogP contribution < -0.4 is 29.6 Å². The molecule has 0 bridgehead atoms. The van der Waals surface area contributed by atoms with Gasteiger partial charge in [0.25, 0.3) is 0 Å². The Morgan fingerprint density at radius 2 is 1.88 bits per heavy atom. The first kappa shape index (κ1) is 13.4. The van der Waals surface area contributed by atoms with Gasteiger partial charge in [-0.2, -0.15) is 0 Å². The third kappa shape index (κ3) is 3.18. The fourth-order valence-electron chi connectivity index (χ4n) is 1.34. The van der Waals surface area contributed by atoms with E-state index in [1.165, 1.54) is 0 Å². The average molecular weight is 244 g/mol. The number of sulfonamides is 1. The summed E-state index contributed by atoms with van der Waals surface area (Å²) in [5.41, 5.74) is 0.987. The molecule has 0 fully saturated rings. The van der Waals surface area contributed by atoms with Crippen molar-refractivity contribution in [2.75, 3.05) is 6.26 Å². The minimum Gasteiger partial charge on any atom is -0.575 e. The van der Waals surface area contributed by atoms with Gasteiger partial charge in [0.05, 0.1) is 15.5 Å². The third-order valence-electron chi connectivity index (χ3n) is 1.88. The minimum absolute atomic E-state index is 0. The standard InChI is InChI=1S/C10H9N2O2S.Na/c1-15(13,14)12-9-6-2-4-8-5-3-7-11-10(8)9;/h2-7H,1H3;/q-1;+1. The van der Waals surface area contributed by atoms with Crippen molar-refractivity contribution in [3.8, 4) is 0 Å². The Morgan fingerprint density at radius 3 is 2.56 bits per heavy atom. The number of hydrogen-bond acceptors (Lipinski definition) is 3. The SMILES string of the molecule is CS(=O)(=O)[N-]c1cccc2cccnc12.[Na+]. The van der Waals surface area contributed by atoms with Crippen molar-refractivity contribution in [2.45, 2.75) is 0 Å². The van der Waals surface area contributed by atoms with Crippen LogP contribution in [0.3, 0.4) is 0 Å². The average Bonchev–Trinajstić information content (AvgIpc) is 2.16. The first-order chi connectivity index (χ1) is 7.06. The Bertz CT molecular complexity index is 593. The van der Waals surface area contributed by atoms with Crippen LogP contribution in [0.1, 0.15) is 0 Å². The van der Waals surface area contributed by atoms with Crippen LogP contribution in [0.5, 0.6) is 0 Å². The van der Waals surface area contributed by atoms with Crippen molar-refractivity contribution in [3.63, 3.8) is 0 Å². The molecule has 1 heterocycles. The monoisotopic (exact) mass is 244 g/mol. The van der Waals surface area contributed by atoms with Crippen LogP contribution in [-0.2, 0) is 10.0 Å². The van der Waals surface area contributed by atoms with Gasteiger partial charge in [0.1, 0.15) is 0 Å². The second-order valence-corrected chi connectivity index (χ2v) is 4.83. The number of rotatable bonds is 2. The van der Waals surface area contributed by atoms with E-state index in [2.05, 4.69) is 9.71 Å². The number of pyridine rings is 1. The molecule has 0 radical (unpaired) electrons. The summed E-state index contributed by atoms with van der Waals surface area (Å²) in [4.78, 5) is 4.11. The van der Waals surface area contributed by atoms with Crippen molar-refractivity contribution in [3.05, 3.63) is 41.3 Å². The normalized spacial score (nSPS) is 10.8. The van der Waals surface area contributed by atoms with Gasteiger partial charge in [0.2, 0.25) is 0 Å². The van der Waals surface area contributed by atoms with Gasteiger partial charge in [0.15, 0.2) is 0 Å². The van der Waals surface area contributed by atoms with Crippen molar-refractivity contribution in [1.29, 1.82) is 0 Å². The molecule has 0 aliphatic heterocycles. The summed E-state index contributed by atoms with van der Waals surface area (Å²) in [6.45, 7) is 0. The molecule has 6 heteroatoms. The molecule has 0 N–H and O–H groups in total. The predicted molar refractivity (Wildman–Crippen MR) is 59.6 cm³/mol. The fourth-order valence-corrected chi connectivity index (χ4v) is 1.85. The van der Waals surface area contributed by atoms with Crippen LogP contribution in [0, 0.1) is 0 Å². The summed E-state index contributed by atoms with van der Waals surface area (Å²) >= 11 is 0. The van der Waals surface area contributed by atoms with Crippen LogP contribution in [0.15, 0.2) is 36.5 Å². The molecule has 78 valence electrons. The van der Waals surface area contributed by atoms with Crippen LogP contribution >= 0.6 is 0 Å². The van der Waals surface area contributed by atoms with Crippen LogP contribution in [0.2, 0.25) is 0 Å². The maximum Gasteiger partial charge on any atom is 1.00 e. The molecule has 0 unspecified atom stereocenters. The summed E-state index contributed by atoms with van der Waals surface area (Å²) in [5, 5.41) is 0.877. The van der Waals surface area contributed by atoms with E-state index < -0.39 is 10.0 Å². The van der Waals surface area contributed by atoms with Crippen molar-refractivity contribution in [1.82, 2.24) is 4.98 Å². The van der Waals surface area contributed by atoms with E-state index in [9.17, 15) is 8.42 Å². The van der Waals surface area contributed by atoms with Gasteiger partial charge >= 0.3 is 29.6 Å². The molecule has 0 amide bonds. The van der Waals surface area contributed by atoms with Gasteiger partial charge in [0, 0.05) is 12.5 Å². The molecule has 0 spiro atoms. The topological polar surface area (TPSA) is 61.1 Å². The quantitative estimate of drug-likeness (QED) is 0.650. The summed E-state index contributed by atoms with van der Waals surface area (Å²) in [7, 11) is -3.38. The Balaban J connectivity index is 0.00000128. The van der Waals surface area contributed by atoms with Crippen LogP contribution in [-0.4, -0.2) is 19.7 Å². The molecule has 0 atom stereocenters. The molecular formula is C10H9N2NaO2S. The van der Waals surface area contributed by atoms with E-state index >= 15 is 0 Å². The van der Waals surface area contributed by atoms with Crippen LogP contribution in [0.25, 0.3) is 15.6 Å². The Labute approximate surface area is 116 Å². The van der Waals surface area contributed by atoms with Gasteiger partial charge in [-0.05, 0) is 11.5 Å². The molecule has 0 aliphatic rings. The summed E-state index contributed by atoms with van der Waals surface area (Å²) < 4.78 is 25.7. The zero-order valence-corrected chi connectivity index (χ0v) is 11.9. The first-order valence-corrected chi connectivity index (χ1v) is 6.18. The molecule has 16 heavy (non-hydrogen) atoms. The second-order valence-electron chi connectivity index (χ2n) is 3.18. The Kier molecular flexibility index (Phi) is 4.32. The van der Waals surface area contributed by atoms with E-state index in [1.807, 2.05) is 12.1 Å². The minimum atomic E-state index is -3.38. The number of para-hydroxylation sites is 1. The zero-order valence-electron chi connectivity index (χ0n) is 9.08. The fraction of sp³-hybridized carbons (Fsp3) is 0.100. The number of hydrogen-bond donors (Lipinski definition) is 0. The van der Waals surface area contributed by atoms with E-state index in [4.69, 9.17) is 0 Å². The van der Waals surface area contributed by atoms with E-state index in [1.54, 1.807) is 24.4 Å². The van der Waals surface area contributed by atoms with Gasteiger partial charge < -0.3 is 4.72 Å². The van der Waals surface area contributed by atoms with Gasteiger partial charge in [-0.1, -0.05) is 24.3 Å². The molecule has 2 rings (SSSR count). The number of nitrogens with zero attached hydrogens (tertiary/aromatic N) is 2. The molecule has 4 nitrogen and oxygen atoms in total. The van der Waals surface area contributed by atoms with Gasteiger partial charge in [-0.25, -0.2) is 8.42 Å². The molecule has 1 aromatic heterocycles. The van der Waals surface area contributed by atoms with E-state index in [0.717, 1.165) is 11.6 Å². The maximum atomic E-state index is 11.0. The molecule has 2 aromatic rings. The molecule has 0 saturated carbocycles. The smallest absolute Gasteiger partial charge is 0.575 e. The van der Waals surface area contributed by atoms with Gasteiger partial charge in [-0.15, -0.1) is 5.69 Å². The zero-order chi connectivity index (χ0) is 10.9. The van der Waals surface area contributed by atoms with E-state index in [-0.39, 0.29) is 29.6 Å². The summed E-state index contributed by atoms with van der Waals surface area (Å²) in [6, 6.07) is 8.92. The van der Waals surface area contributed by atoms with Crippen LogP contribution in [0.4, 0.5) is 5.69 Å².